The summed E-state index contributed by atoms with van der Waals surface area (Å²) in [5.74, 6) is -0.663. The van der Waals surface area contributed by atoms with Gasteiger partial charge < -0.3 is 5.32 Å². The van der Waals surface area contributed by atoms with E-state index in [2.05, 4.69) is 5.32 Å². The molecular weight excluding hydrogens is 247 g/mol. The van der Waals surface area contributed by atoms with Crippen LogP contribution in [0.3, 0.4) is 0 Å². The summed E-state index contributed by atoms with van der Waals surface area (Å²) in [5, 5.41) is 3.03. The summed E-state index contributed by atoms with van der Waals surface area (Å²) in [6, 6.07) is 3.78. The van der Waals surface area contributed by atoms with Gasteiger partial charge in [0, 0.05) is 12.2 Å². The van der Waals surface area contributed by atoms with Gasteiger partial charge in [0.05, 0.1) is 6.42 Å². The van der Waals surface area contributed by atoms with Gasteiger partial charge in [-0.05, 0) is 37.1 Å². The van der Waals surface area contributed by atoms with E-state index in [1.54, 1.807) is 13.0 Å². The molecular formula is C14H17FN2O2. The number of aryl methyl sites for hydroxylation is 1. The molecule has 1 N–H and O–H groups in total. The molecule has 0 bridgehead atoms. The molecule has 1 fully saturated rings. The standard InChI is InChI=1S/C14H17FN2O2/c1-3-6-17-13(18)8-12(14(17)19)16-11-5-4-10(15)7-9(11)2/h4-5,7,12,16H,3,6,8H2,1-2H3. The largest absolute Gasteiger partial charge is 0.373 e. The van der Waals surface area contributed by atoms with Gasteiger partial charge in [0.15, 0.2) is 0 Å². The third-order valence-electron chi connectivity index (χ3n) is 3.21. The minimum absolute atomic E-state index is 0.149. The molecule has 0 aliphatic carbocycles. The van der Waals surface area contributed by atoms with Crippen LogP contribution in [0.2, 0.25) is 0 Å². The fourth-order valence-corrected chi connectivity index (χ4v) is 2.23. The van der Waals surface area contributed by atoms with Crippen LogP contribution in [0.4, 0.5) is 10.1 Å². The average molecular weight is 264 g/mol. The van der Waals surface area contributed by atoms with Gasteiger partial charge in [-0.25, -0.2) is 4.39 Å². The number of hydrogen-bond donors (Lipinski definition) is 1. The first-order valence-corrected chi connectivity index (χ1v) is 6.39. The summed E-state index contributed by atoms with van der Waals surface area (Å²) < 4.78 is 13.0. The van der Waals surface area contributed by atoms with Gasteiger partial charge >= 0.3 is 0 Å². The van der Waals surface area contributed by atoms with Crippen LogP contribution >= 0.6 is 0 Å². The van der Waals surface area contributed by atoms with Crippen molar-refractivity contribution < 1.29 is 14.0 Å². The summed E-state index contributed by atoms with van der Waals surface area (Å²) in [7, 11) is 0. The number of anilines is 1. The zero-order valence-corrected chi connectivity index (χ0v) is 11.1. The minimum atomic E-state index is -0.539. The highest BCUT2D eigenvalue weighted by Crippen LogP contribution is 2.21. The van der Waals surface area contributed by atoms with Gasteiger partial charge in [-0.2, -0.15) is 0 Å². The Balaban J connectivity index is 2.12. The molecule has 0 saturated carbocycles. The number of carbonyl (C=O) groups excluding carboxylic acids is 2. The first-order valence-electron chi connectivity index (χ1n) is 6.39. The van der Waals surface area contributed by atoms with Crippen LogP contribution in [0.25, 0.3) is 0 Å². The monoisotopic (exact) mass is 264 g/mol. The van der Waals surface area contributed by atoms with Gasteiger partial charge in [0.1, 0.15) is 11.9 Å². The summed E-state index contributed by atoms with van der Waals surface area (Å²) in [5.41, 5.74) is 1.40. The Kier molecular flexibility index (Phi) is 3.83. The van der Waals surface area contributed by atoms with E-state index in [9.17, 15) is 14.0 Å². The van der Waals surface area contributed by atoms with Crippen molar-refractivity contribution >= 4 is 17.5 Å². The molecule has 2 amide bonds. The Morgan fingerprint density at radius 2 is 2.16 bits per heavy atom. The molecule has 5 heteroatoms. The van der Waals surface area contributed by atoms with E-state index in [0.717, 1.165) is 6.42 Å². The number of benzene rings is 1. The Labute approximate surface area is 111 Å². The predicted molar refractivity (Wildman–Crippen MR) is 70.2 cm³/mol. The van der Waals surface area contributed by atoms with E-state index in [1.165, 1.54) is 17.0 Å². The molecule has 1 aromatic rings. The van der Waals surface area contributed by atoms with Gasteiger partial charge in [-0.15, -0.1) is 0 Å². The van der Waals surface area contributed by atoms with E-state index in [1.807, 2.05) is 6.92 Å². The molecule has 1 unspecified atom stereocenters. The van der Waals surface area contributed by atoms with Crippen LogP contribution in [0.1, 0.15) is 25.3 Å². The van der Waals surface area contributed by atoms with Gasteiger partial charge in [-0.3, -0.25) is 14.5 Å². The van der Waals surface area contributed by atoms with Crippen LogP contribution in [0.5, 0.6) is 0 Å². The number of halogens is 1. The molecule has 0 spiro atoms. The summed E-state index contributed by atoms with van der Waals surface area (Å²) >= 11 is 0. The topological polar surface area (TPSA) is 49.4 Å². The molecule has 0 radical (unpaired) electrons. The maximum Gasteiger partial charge on any atom is 0.252 e. The van der Waals surface area contributed by atoms with Crippen molar-refractivity contribution in [3.05, 3.63) is 29.6 Å². The molecule has 0 aromatic heterocycles. The lowest BCUT2D eigenvalue weighted by Gasteiger charge is -2.16. The lowest BCUT2D eigenvalue weighted by atomic mass is 10.1. The van der Waals surface area contributed by atoms with Crippen LogP contribution in [-0.4, -0.2) is 29.3 Å². The number of nitrogens with zero attached hydrogens (tertiary/aromatic N) is 1. The Morgan fingerprint density at radius 1 is 1.42 bits per heavy atom. The smallest absolute Gasteiger partial charge is 0.252 e. The van der Waals surface area contributed by atoms with Gasteiger partial charge in [0.25, 0.3) is 5.91 Å². The van der Waals surface area contributed by atoms with Gasteiger partial charge in [0.2, 0.25) is 5.91 Å². The number of amides is 2. The molecule has 4 nitrogen and oxygen atoms in total. The Bertz CT molecular complexity index is 516. The third kappa shape index (κ3) is 2.75. The maximum absolute atomic E-state index is 13.0. The van der Waals surface area contributed by atoms with Crippen molar-refractivity contribution in [2.45, 2.75) is 32.7 Å². The number of nitrogens with one attached hydrogen (secondary N) is 1. The minimum Gasteiger partial charge on any atom is -0.373 e. The zero-order valence-electron chi connectivity index (χ0n) is 11.1. The second kappa shape index (κ2) is 5.38. The zero-order chi connectivity index (χ0) is 14.0. The number of rotatable bonds is 4. The lowest BCUT2D eigenvalue weighted by molar-refractivity contribution is -0.138. The quantitative estimate of drug-likeness (QED) is 0.847. The molecule has 1 heterocycles. The second-order valence-electron chi connectivity index (χ2n) is 4.74. The van der Waals surface area contributed by atoms with Crippen LogP contribution in [0, 0.1) is 12.7 Å². The van der Waals surface area contributed by atoms with E-state index >= 15 is 0 Å². The molecule has 1 saturated heterocycles. The van der Waals surface area contributed by atoms with Crippen molar-refractivity contribution in [2.24, 2.45) is 0 Å². The molecule has 19 heavy (non-hydrogen) atoms. The average Bonchev–Trinajstić information content (AvgIpc) is 2.61. The molecule has 2 rings (SSSR count). The number of likely N-dealkylation sites (tertiary alicyclic amines) is 1. The SMILES string of the molecule is CCCN1C(=O)CC(Nc2ccc(F)cc2C)C1=O. The molecule has 1 aromatic carbocycles. The maximum atomic E-state index is 13.0. The van der Waals surface area contributed by atoms with E-state index in [-0.39, 0.29) is 24.1 Å². The lowest BCUT2D eigenvalue weighted by Crippen LogP contribution is -2.35. The summed E-state index contributed by atoms with van der Waals surface area (Å²) in [6.07, 6.45) is 0.912. The van der Waals surface area contributed by atoms with E-state index in [0.29, 0.717) is 17.8 Å². The Morgan fingerprint density at radius 3 is 2.79 bits per heavy atom. The normalized spacial score (nSPS) is 19.1. The second-order valence-corrected chi connectivity index (χ2v) is 4.74. The van der Waals surface area contributed by atoms with E-state index in [4.69, 9.17) is 0 Å². The highest BCUT2D eigenvalue weighted by molar-refractivity contribution is 6.06. The van der Waals surface area contributed by atoms with Gasteiger partial charge in [-0.1, -0.05) is 6.92 Å². The number of imide groups is 1. The molecule has 102 valence electrons. The first kappa shape index (κ1) is 13.5. The molecule has 1 atom stereocenters. The highest BCUT2D eigenvalue weighted by atomic mass is 19.1. The first-order chi connectivity index (χ1) is 9.02. The Hall–Kier alpha value is -1.91. The summed E-state index contributed by atoms with van der Waals surface area (Å²) in [4.78, 5) is 25.1. The van der Waals surface area contributed by atoms with E-state index < -0.39 is 6.04 Å². The third-order valence-corrected chi connectivity index (χ3v) is 3.21. The number of carbonyl (C=O) groups is 2. The predicted octanol–water partition coefficient (Wildman–Crippen LogP) is 2.08. The summed E-state index contributed by atoms with van der Waals surface area (Å²) in [6.45, 7) is 4.14. The van der Waals surface area contributed by atoms with Crippen molar-refractivity contribution in [3.63, 3.8) is 0 Å². The van der Waals surface area contributed by atoms with Crippen molar-refractivity contribution in [2.75, 3.05) is 11.9 Å². The fraction of sp³-hybridized carbons (Fsp3) is 0.429. The van der Waals surface area contributed by atoms with Crippen molar-refractivity contribution in [1.29, 1.82) is 0 Å². The fourth-order valence-electron chi connectivity index (χ4n) is 2.23. The van der Waals surface area contributed by atoms with Crippen molar-refractivity contribution in [1.82, 2.24) is 4.90 Å². The van der Waals surface area contributed by atoms with Crippen LogP contribution < -0.4 is 5.32 Å². The molecule has 1 aliphatic rings. The molecule has 1 aliphatic heterocycles. The van der Waals surface area contributed by atoms with Crippen LogP contribution in [0.15, 0.2) is 18.2 Å². The van der Waals surface area contributed by atoms with Crippen molar-refractivity contribution in [3.8, 4) is 0 Å². The number of hydrogen-bond acceptors (Lipinski definition) is 3. The van der Waals surface area contributed by atoms with Crippen LogP contribution in [-0.2, 0) is 9.59 Å². The highest BCUT2D eigenvalue weighted by Gasteiger charge is 2.37.